The first-order chi connectivity index (χ1) is 7.70. The number of hydrogen-bond donors (Lipinski definition) is 1. The number of rotatable bonds is 2. The summed E-state index contributed by atoms with van der Waals surface area (Å²) in [6.07, 6.45) is 3.94. The molecular weight excluding hydrogens is 270 g/mol. The third-order valence-corrected chi connectivity index (χ3v) is 3.29. The van der Waals surface area contributed by atoms with E-state index in [1.165, 1.54) is 0 Å². The van der Waals surface area contributed by atoms with Crippen molar-refractivity contribution in [2.45, 2.75) is 19.1 Å². The smallest absolute Gasteiger partial charge is 0.0876 e. The molecule has 5 heteroatoms. The zero-order chi connectivity index (χ0) is 11.5. The molecule has 1 fully saturated rings. The first kappa shape index (κ1) is 11.8. The van der Waals surface area contributed by atoms with E-state index >= 15 is 0 Å². The lowest BCUT2D eigenvalue weighted by Crippen LogP contribution is -2.49. The fourth-order valence-electron chi connectivity index (χ4n) is 2.00. The van der Waals surface area contributed by atoms with E-state index in [1.54, 1.807) is 6.20 Å². The number of aromatic nitrogens is 1. The predicted octanol–water partition coefficient (Wildman–Crippen LogP) is 1.40. The molecule has 2 atom stereocenters. The van der Waals surface area contributed by atoms with Gasteiger partial charge in [-0.1, -0.05) is 0 Å². The van der Waals surface area contributed by atoms with Crippen LogP contribution in [0.15, 0.2) is 22.9 Å². The lowest BCUT2D eigenvalue weighted by molar-refractivity contribution is -0.0105. The van der Waals surface area contributed by atoms with E-state index < -0.39 is 0 Å². The minimum Gasteiger partial charge on any atom is -0.370 e. The van der Waals surface area contributed by atoms with Gasteiger partial charge in [-0.3, -0.25) is 4.98 Å². The number of morpholine rings is 1. The Hall–Kier alpha value is -0.650. The van der Waals surface area contributed by atoms with Gasteiger partial charge in [-0.05, 0) is 28.9 Å². The van der Waals surface area contributed by atoms with Crippen molar-refractivity contribution in [1.29, 1.82) is 0 Å². The Morgan fingerprint density at radius 2 is 2.44 bits per heavy atom. The minimum atomic E-state index is 0.115. The Labute approximate surface area is 104 Å². The summed E-state index contributed by atoms with van der Waals surface area (Å²) in [7, 11) is 0. The van der Waals surface area contributed by atoms with Crippen LogP contribution in [0.25, 0.3) is 0 Å². The third-order valence-electron chi connectivity index (χ3n) is 2.68. The second-order valence-electron chi connectivity index (χ2n) is 4.04. The van der Waals surface area contributed by atoms with Crippen molar-refractivity contribution in [1.82, 2.24) is 4.98 Å². The molecular formula is C11H16BrN3O. The zero-order valence-corrected chi connectivity index (χ0v) is 10.9. The van der Waals surface area contributed by atoms with Gasteiger partial charge in [0.25, 0.3) is 0 Å². The van der Waals surface area contributed by atoms with Gasteiger partial charge >= 0.3 is 0 Å². The van der Waals surface area contributed by atoms with E-state index in [-0.39, 0.29) is 12.2 Å². The van der Waals surface area contributed by atoms with Crippen molar-refractivity contribution in [3.05, 3.63) is 22.9 Å². The van der Waals surface area contributed by atoms with Gasteiger partial charge in [-0.15, -0.1) is 0 Å². The highest BCUT2D eigenvalue weighted by Crippen LogP contribution is 2.27. The molecule has 2 unspecified atom stereocenters. The summed E-state index contributed by atoms with van der Waals surface area (Å²) in [4.78, 5) is 6.36. The van der Waals surface area contributed by atoms with Crippen LogP contribution >= 0.6 is 15.9 Å². The van der Waals surface area contributed by atoms with E-state index in [0.717, 1.165) is 23.2 Å². The molecule has 4 nitrogen and oxygen atoms in total. The van der Waals surface area contributed by atoms with Crippen LogP contribution in [0.2, 0.25) is 0 Å². The number of hydrogen-bond acceptors (Lipinski definition) is 4. The lowest BCUT2D eigenvalue weighted by Gasteiger charge is -2.38. The van der Waals surface area contributed by atoms with Crippen molar-refractivity contribution in [3.63, 3.8) is 0 Å². The van der Waals surface area contributed by atoms with Crippen LogP contribution in [0.3, 0.4) is 0 Å². The van der Waals surface area contributed by atoms with E-state index in [2.05, 4.69) is 32.7 Å². The van der Waals surface area contributed by atoms with E-state index in [4.69, 9.17) is 10.5 Å². The molecule has 0 radical (unpaired) electrons. The van der Waals surface area contributed by atoms with Crippen LogP contribution in [0.5, 0.6) is 0 Å². The number of nitrogens with two attached hydrogens (primary N) is 1. The highest BCUT2D eigenvalue weighted by atomic mass is 79.9. The topological polar surface area (TPSA) is 51.4 Å². The second kappa shape index (κ2) is 5.12. The highest BCUT2D eigenvalue weighted by Gasteiger charge is 2.25. The number of anilines is 1. The van der Waals surface area contributed by atoms with E-state index in [0.29, 0.717) is 6.54 Å². The molecule has 2 N–H and O–H groups in total. The number of pyridine rings is 1. The molecule has 2 rings (SSSR count). The summed E-state index contributed by atoms with van der Waals surface area (Å²) in [5.74, 6) is 0. The largest absolute Gasteiger partial charge is 0.370 e. The van der Waals surface area contributed by atoms with Crippen LogP contribution < -0.4 is 10.6 Å². The third kappa shape index (κ3) is 2.53. The average molecular weight is 286 g/mol. The summed E-state index contributed by atoms with van der Waals surface area (Å²) < 4.78 is 6.74. The SMILES string of the molecule is CC1CN(c2ccncc2Br)CC(CN)O1. The summed E-state index contributed by atoms with van der Waals surface area (Å²) in [5, 5.41) is 0. The summed E-state index contributed by atoms with van der Waals surface area (Å²) in [6.45, 7) is 4.36. The van der Waals surface area contributed by atoms with Crippen LogP contribution in [0.4, 0.5) is 5.69 Å². The Morgan fingerprint density at radius 3 is 3.12 bits per heavy atom. The van der Waals surface area contributed by atoms with Crippen LogP contribution in [-0.4, -0.2) is 36.8 Å². The Kier molecular flexibility index (Phi) is 3.78. The molecule has 0 spiro atoms. The van der Waals surface area contributed by atoms with Crippen molar-refractivity contribution in [2.75, 3.05) is 24.5 Å². The van der Waals surface area contributed by atoms with E-state index in [9.17, 15) is 0 Å². The lowest BCUT2D eigenvalue weighted by atomic mass is 10.2. The van der Waals surface area contributed by atoms with Crippen LogP contribution in [0, 0.1) is 0 Å². The maximum atomic E-state index is 5.73. The van der Waals surface area contributed by atoms with Crippen molar-refractivity contribution in [2.24, 2.45) is 5.73 Å². The first-order valence-corrected chi connectivity index (χ1v) is 6.20. The van der Waals surface area contributed by atoms with Crippen molar-refractivity contribution < 1.29 is 4.74 Å². The maximum Gasteiger partial charge on any atom is 0.0876 e. The van der Waals surface area contributed by atoms with Crippen molar-refractivity contribution in [3.8, 4) is 0 Å². The second-order valence-corrected chi connectivity index (χ2v) is 4.89. The fraction of sp³-hybridized carbons (Fsp3) is 0.545. The quantitative estimate of drug-likeness (QED) is 0.893. The molecule has 1 aliphatic rings. The normalized spacial score (nSPS) is 25.8. The van der Waals surface area contributed by atoms with Gasteiger partial charge in [0.15, 0.2) is 0 Å². The average Bonchev–Trinajstić information content (AvgIpc) is 2.28. The van der Waals surface area contributed by atoms with Gasteiger partial charge in [-0.25, -0.2) is 0 Å². The molecule has 2 heterocycles. The summed E-state index contributed by atoms with van der Waals surface area (Å²) in [5.41, 5.74) is 6.82. The molecule has 1 aromatic rings. The summed E-state index contributed by atoms with van der Waals surface area (Å²) in [6, 6.07) is 2.01. The molecule has 0 bridgehead atoms. The van der Waals surface area contributed by atoms with Crippen LogP contribution in [0.1, 0.15) is 6.92 Å². The Bertz CT molecular complexity index is 361. The monoisotopic (exact) mass is 285 g/mol. The predicted molar refractivity (Wildman–Crippen MR) is 67.5 cm³/mol. The standard InChI is InChI=1S/C11H16BrN3O/c1-8-6-15(7-9(4-13)16-8)11-2-3-14-5-10(11)12/h2-3,5,8-9H,4,6-7,13H2,1H3. The van der Waals surface area contributed by atoms with Crippen molar-refractivity contribution >= 4 is 21.6 Å². The molecule has 1 aromatic heterocycles. The zero-order valence-electron chi connectivity index (χ0n) is 9.27. The molecule has 0 saturated carbocycles. The Morgan fingerprint density at radius 1 is 1.62 bits per heavy atom. The van der Waals surface area contributed by atoms with Crippen LogP contribution in [-0.2, 0) is 4.74 Å². The van der Waals surface area contributed by atoms with Gasteiger partial charge in [0.05, 0.1) is 22.4 Å². The molecule has 0 aliphatic carbocycles. The highest BCUT2D eigenvalue weighted by molar-refractivity contribution is 9.10. The van der Waals surface area contributed by atoms with Gasteiger partial charge in [-0.2, -0.15) is 0 Å². The Balaban J connectivity index is 2.17. The van der Waals surface area contributed by atoms with Gasteiger partial charge in [0, 0.05) is 32.0 Å². The number of ether oxygens (including phenoxy) is 1. The maximum absolute atomic E-state index is 5.73. The number of nitrogens with zero attached hydrogens (tertiary/aromatic N) is 2. The molecule has 1 saturated heterocycles. The molecule has 88 valence electrons. The van der Waals surface area contributed by atoms with E-state index in [1.807, 2.05) is 12.3 Å². The molecule has 16 heavy (non-hydrogen) atoms. The molecule has 0 aromatic carbocycles. The fourth-order valence-corrected chi connectivity index (χ4v) is 2.50. The molecule has 1 aliphatic heterocycles. The summed E-state index contributed by atoms with van der Waals surface area (Å²) >= 11 is 3.52. The van der Waals surface area contributed by atoms with Gasteiger partial charge in [0.2, 0.25) is 0 Å². The first-order valence-electron chi connectivity index (χ1n) is 5.40. The molecule has 0 amide bonds. The van der Waals surface area contributed by atoms with Gasteiger partial charge in [0.1, 0.15) is 0 Å². The minimum absolute atomic E-state index is 0.115. The van der Waals surface area contributed by atoms with Gasteiger partial charge < -0.3 is 15.4 Å². The number of halogens is 1.